The summed E-state index contributed by atoms with van der Waals surface area (Å²) in [7, 11) is 0. The largest absolute Gasteiger partial charge is 0.478 e. The number of pyridine rings is 1. The van der Waals surface area contributed by atoms with Crippen molar-refractivity contribution in [3.63, 3.8) is 0 Å². The highest BCUT2D eigenvalue weighted by Gasteiger charge is 2.19. The molecule has 0 aromatic carbocycles. The zero-order chi connectivity index (χ0) is 13.7. The lowest BCUT2D eigenvalue weighted by Crippen LogP contribution is -2.33. The van der Waals surface area contributed by atoms with Crippen LogP contribution in [0.25, 0.3) is 0 Å². The van der Waals surface area contributed by atoms with Crippen LogP contribution in [0.3, 0.4) is 0 Å². The predicted octanol–water partition coefficient (Wildman–Crippen LogP) is 0.284. The van der Waals surface area contributed by atoms with Crippen LogP contribution in [0.5, 0.6) is 0 Å². The summed E-state index contributed by atoms with van der Waals surface area (Å²) in [5.74, 6) is -0.922. The Bertz CT molecular complexity index is 439. The molecule has 0 bridgehead atoms. The zero-order valence-corrected chi connectivity index (χ0v) is 10.8. The summed E-state index contributed by atoms with van der Waals surface area (Å²) < 4.78 is 0. The molecule has 6 heteroatoms. The van der Waals surface area contributed by atoms with Crippen molar-refractivity contribution in [2.45, 2.75) is 6.42 Å². The number of carbonyl (C=O) groups is 1. The van der Waals surface area contributed by atoms with Crippen LogP contribution in [0.4, 0.5) is 5.69 Å². The number of aromatic nitrogens is 1. The number of anilines is 1. The molecule has 1 saturated heterocycles. The lowest BCUT2D eigenvalue weighted by Gasteiger charge is -2.24. The van der Waals surface area contributed by atoms with Gasteiger partial charge in [-0.3, -0.25) is 9.88 Å². The van der Waals surface area contributed by atoms with Crippen molar-refractivity contribution in [1.29, 1.82) is 0 Å². The molecule has 1 fully saturated rings. The van der Waals surface area contributed by atoms with E-state index in [9.17, 15) is 9.90 Å². The Hall–Kier alpha value is -1.66. The van der Waals surface area contributed by atoms with Gasteiger partial charge in [-0.1, -0.05) is 0 Å². The molecule has 0 radical (unpaired) electrons. The van der Waals surface area contributed by atoms with Crippen LogP contribution < -0.4 is 4.90 Å². The fourth-order valence-corrected chi connectivity index (χ4v) is 2.40. The quantitative estimate of drug-likeness (QED) is 0.814. The molecule has 0 aliphatic carbocycles. The van der Waals surface area contributed by atoms with E-state index in [1.165, 1.54) is 12.3 Å². The van der Waals surface area contributed by atoms with Crippen molar-refractivity contribution in [2.24, 2.45) is 0 Å². The van der Waals surface area contributed by atoms with Gasteiger partial charge in [0.1, 0.15) is 0 Å². The van der Waals surface area contributed by atoms with E-state index in [0.717, 1.165) is 32.6 Å². The Labute approximate surface area is 112 Å². The zero-order valence-electron chi connectivity index (χ0n) is 10.8. The van der Waals surface area contributed by atoms with Crippen LogP contribution in [0.1, 0.15) is 16.8 Å². The summed E-state index contributed by atoms with van der Waals surface area (Å²) in [6, 6.07) is 1.54. The third-order valence-electron chi connectivity index (χ3n) is 3.38. The normalized spacial score (nSPS) is 17.2. The molecule has 0 spiro atoms. The van der Waals surface area contributed by atoms with Crippen molar-refractivity contribution in [3.05, 3.63) is 24.0 Å². The molecule has 2 rings (SSSR count). The highest BCUT2D eigenvalue weighted by atomic mass is 16.4. The second-order valence-corrected chi connectivity index (χ2v) is 4.60. The Balaban J connectivity index is 2.12. The Kier molecular flexibility index (Phi) is 4.70. The Morgan fingerprint density at radius 1 is 1.32 bits per heavy atom. The van der Waals surface area contributed by atoms with E-state index in [1.54, 1.807) is 6.20 Å². The first-order valence-electron chi connectivity index (χ1n) is 6.48. The van der Waals surface area contributed by atoms with E-state index in [4.69, 9.17) is 5.11 Å². The topological polar surface area (TPSA) is 76.9 Å². The van der Waals surface area contributed by atoms with E-state index in [-0.39, 0.29) is 6.61 Å². The standard InChI is InChI=1S/C13H19N3O3/c17-9-8-15-4-1-5-16(7-6-15)12-10-14-3-2-11(12)13(18)19/h2-3,10,17H,1,4-9H2,(H,18,19). The minimum atomic E-state index is -0.922. The molecule has 19 heavy (non-hydrogen) atoms. The molecule has 0 atom stereocenters. The van der Waals surface area contributed by atoms with Crippen molar-refractivity contribution < 1.29 is 15.0 Å². The van der Waals surface area contributed by atoms with Crippen LogP contribution >= 0.6 is 0 Å². The maximum Gasteiger partial charge on any atom is 0.337 e. The second-order valence-electron chi connectivity index (χ2n) is 4.60. The Morgan fingerprint density at radius 2 is 2.16 bits per heavy atom. The third-order valence-corrected chi connectivity index (χ3v) is 3.38. The summed E-state index contributed by atoms with van der Waals surface area (Å²) in [4.78, 5) is 19.5. The number of carboxylic acid groups (broad SMARTS) is 1. The van der Waals surface area contributed by atoms with Gasteiger partial charge in [-0.05, 0) is 19.0 Å². The lowest BCUT2D eigenvalue weighted by molar-refractivity contribution is 0.0697. The summed E-state index contributed by atoms with van der Waals surface area (Å²) in [6.07, 6.45) is 4.07. The second kappa shape index (κ2) is 6.49. The molecule has 6 nitrogen and oxygen atoms in total. The molecule has 1 aromatic rings. The molecule has 1 aromatic heterocycles. The molecular weight excluding hydrogens is 246 g/mol. The van der Waals surface area contributed by atoms with Crippen LogP contribution in [0.15, 0.2) is 18.5 Å². The van der Waals surface area contributed by atoms with E-state index < -0.39 is 5.97 Å². The van der Waals surface area contributed by atoms with Crippen molar-refractivity contribution >= 4 is 11.7 Å². The lowest BCUT2D eigenvalue weighted by atomic mass is 10.2. The number of aliphatic hydroxyl groups excluding tert-OH is 1. The molecule has 0 unspecified atom stereocenters. The minimum absolute atomic E-state index is 0.160. The van der Waals surface area contributed by atoms with Crippen LogP contribution in [-0.2, 0) is 0 Å². The highest BCUT2D eigenvalue weighted by molar-refractivity contribution is 5.94. The number of carboxylic acids is 1. The van der Waals surface area contributed by atoms with Gasteiger partial charge in [0.05, 0.1) is 24.1 Å². The first kappa shape index (κ1) is 13.8. The average Bonchev–Trinajstić information content (AvgIpc) is 2.65. The first-order chi connectivity index (χ1) is 9.22. The van der Waals surface area contributed by atoms with Gasteiger partial charge in [-0.25, -0.2) is 4.79 Å². The summed E-state index contributed by atoms with van der Waals surface area (Å²) in [6.45, 7) is 4.16. The van der Waals surface area contributed by atoms with E-state index >= 15 is 0 Å². The number of β-amino-alcohol motifs (C(OH)–C–C–N with tert-alkyl or cyclic N) is 1. The predicted molar refractivity (Wildman–Crippen MR) is 71.6 cm³/mol. The van der Waals surface area contributed by atoms with Gasteiger partial charge in [0.2, 0.25) is 0 Å². The number of rotatable bonds is 4. The monoisotopic (exact) mass is 265 g/mol. The number of aromatic carboxylic acids is 1. The van der Waals surface area contributed by atoms with Gasteiger partial charge in [0, 0.05) is 32.4 Å². The minimum Gasteiger partial charge on any atom is -0.478 e. The van der Waals surface area contributed by atoms with Gasteiger partial charge in [-0.2, -0.15) is 0 Å². The van der Waals surface area contributed by atoms with Gasteiger partial charge in [0.25, 0.3) is 0 Å². The maximum atomic E-state index is 11.2. The maximum absolute atomic E-state index is 11.2. The molecule has 2 heterocycles. The van der Waals surface area contributed by atoms with Crippen LogP contribution in [0.2, 0.25) is 0 Å². The van der Waals surface area contributed by atoms with Crippen molar-refractivity contribution in [3.8, 4) is 0 Å². The highest BCUT2D eigenvalue weighted by Crippen LogP contribution is 2.20. The molecule has 104 valence electrons. The van der Waals surface area contributed by atoms with Crippen LogP contribution in [-0.4, -0.2) is 65.4 Å². The van der Waals surface area contributed by atoms with Crippen molar-refractivity contribution in [2.75, 3.05) is 44.2 Å². The molecular formula is C13H19N3O3. The summed E-state index contributed by atoms with van der Waals surface area (Å²) in [5.41, 5.74) is 0.978. The van der Waals surface area contributed by atoms with Crippen molar-refractivity contribution in [1.82, 2.24) is 9.88 Å². The van der Waals surface area contributed by atoms with Gasteiger partial charge < -0.3 is 15.1 Å². The number of hydrogen-bond donors (Lipinski definition) is 2. The molecule has 0 amide bonds. The number of nitrogens with zero attached hydrogens (tertiary/aromatic N) is 3. The molecule has 2 N–H and O–H groups in total. The molecule has 1 aliphatic heterocycles. The average molecular weight is 265 g/mol. The summed E-state index contributed by atoms with van der Waals surface area (Å²) in [5, 5.41) is 18.2. The van der Waals surface area contributed by atoms with Gasteiger partial charge in [0.15, 0.2) is 0 Å². The fourth-order valence-electron chi connectivity index (χ4n) is 2.40. The SMILES string of the molecule is O=C(O)c1ccncc1N1CCCN(CCO)CC1. The number of hydrogen-bond acceptors (Lipinski definition) is 5. The van der Waals surface area contributed by atoms with Gasteiger partial charge in [-0.15, -0.1) is 0 Å². The summed E-state index contributed by atoms with van der Waals surface area (Å²) >= 11 is 0. The smallest absolute Gasteiger partial charge is 0.337 e. The number of aliphatic hydroxyl groups is 1. The Morgan fingerprint density at radius 3 is 2.89 bits per heavy atom. The molecule has 0 saturated carbocycles. The van der Waals surface area contributed by atoms with E-state index in [1.807, 2.05) is 0 Å². The first-order valence-corrected chi connectivity index (χ1v) is 6.48. The van der Waals surface area contributed by atoms with Crippen LogP contribution in [0, 0.1) is 0 Å². The van der Waals surface area contributed by atoms with Gasteiger partial charge >= 0.3 is 5.97 Å². The third kappa shape index (κ3) is 3.42. The molecule has 1 aliphatic rings. The van der Waals surface area contributed by atoms with E-state index in [0.29, 0.717) is 17.8 Å². The van der Waals surface area contributed by atoms with E-state index in [2.05, 4.69) is 14.8 Å². The fraction of sp³-hybridized carbons (Fsp3) is 0.538.